The largest absolute Gasteiger partial charge is 0.496 e. The fourth-order valence-electron chi connectivity index (χ4n) is 1.36. The van der Waals surface area contributed by atoms with E-state index in [1.807, 2.05) is 52.0 Å². The van der Waals surface area contributed by atoms with Crippen LogP contribution in [-0.2, 0) is 0 Å². The second kappa shape index (κ2) is 7.91. The molecule has 2 heteroatoms. The van der Waals surface area contributed by atoms with Crippen molar-refractivity contribution in [2.24, 2.45) is 5.92 Å². The number of hydrogen-bond acceptors (Lipinski definition) is 2. The molecule has 0 heterocycles. The van der Waals surface area contributed by atoms with Gasteiger partial charge in [0.2, 0.25) is 0 Å². The van der Waals surface area contributed by atoms with Crippen LogP contribution in [0.15, 0.2) is 24.3 Å². The van der Waals surface area contributed by atoms with Gasteiger partial charge in [-0.3, -0.25) is 4.79 Å². The van der Waals surface area contributed by atoms with Gasteiger partial charge in [-0.2, -0.15) is 0 Å². The maximum absolute atomic E-state index is 11.8. The number of Topliss-reactive ketones (excluding diaryl/α,β-unsaturated/α-hetero) is 1. The van der Waals surface area contributed by atoms with Crippen LogP contribution in [0.2, 0.25) is 0 Å². The van der Waals surface area contributed by atoms with E-state index >= 15 is 0 Å². The van der Waals surface area contributed by atoms with Crippen molar-refractivity contribution in [1.82, 2.24) is 0 Å². The summed E-state index contributed by atoms with van der Waals surface area (Å²) in [7, 11) is 1.58. The number of para-hydroxylation sites is 1. The Balaban J connectivity index is 0.00000106. The third kappa shape index (κ3) is 4.47. The number of carbonyl (C=O) groups excluding carboxylic acids is 1. The van der Waals surface area contributed by atoms with E-state index in [0.29, 0.717) is 23.7 Å². The van der Waals surface area contributed by atoms with Crippen LogP contribution in [0.3, 0.4) is 0 Å². The first-order valence-electron chi connectivity index (χ1n) is 5.81. The van der Waals surface area contributed by atoms with Crippen molar-refractivity contribution < 1.29 is 9.53 Å². The van der Waals surface area contributed by atoms with E-state index in [4.69, 9.17) is 4.74 Å². The molecule has 2 nitrogen and oxygen atoms in total. The van der Waals surface area contributed by atoms with Crippen LogP contribution in [-0.4, -0.2) is 12.9 Å². The number of rotatable bonds is 4. The molecule has 0 aliphatic carbocycles. The Kier molecular flexibility index (Phi) is 7.27. The highest BCUT2D eigenvalue weighted by molar-refractivity contribution is 5.98. The van der Waals surface area contributed by atoms with Crippen molar-refractivity contribution in [3.63, 3.8) is 0 Å². The summed E-state index contributed by atoms with van der Waals surface area (Å²) in [6, 6.07) is 7.35. The average molecular weight is 222 g/mol. The number of hydrogen-bond donors (Lipinski definition) is 0. The zero-order valence-corrected chi connectivity index (χ0v) is 10.9. The lowest BCUT2D eigenvalue weighted by molar-refractivity contribution is 0.0965. The molecule has 0 bridgehead atoms. The van der Waals surface area contributed by atoms with Gasteiger partial charge in [0.1, 0.15) is 5.75 Å². The summed E-state index contributed by atoms with van der Waals surface area (Å²) in [5.74, 6) is 1.20. The molecule has 1 aromatic carbocycles. The first-order valence-corrected chi connectivity index (χ1v) is 5.81. The molecule has 0 atom stereocenters. The third-order valence-corrected chi connectivity index (χ3v) is 2.00. The highest BCUT2D eigenvalue weighted by Crippen LogP contribution is 2.20. The van der Waals surface area contributed by atoms with Crippen LogP contribution in [0.4, 0.5) is 0 Å². The molecule has 0 unspecified atom stereocenters. The molecule has 90 valence electrons. The topological polar surface area (TPSA) is 26.3 Å². The van der Waals surface area contributed by atoms with Gasteiger partial charge in [-0.15, -0.1) is 0 Å². The van der Waals surface area contributed by atoms with Gasteiger partial charge in [-0.05, 0) is 18.1 Å². The van der Waals surface area contributed by atoms with Crippen LogP contribution in [0, 0.1) is 5.92 Å². The van der Waals surface area contributed by atoms with Crippen molar-refractivity contribution in [2.75, 3.05) is 7.11 Å². The zero-order valence-electron chi connectivity index (χ0n) is 10.9. The minimum atomic E-state index is 0.150. The maximum Gasteiger partial charge on any atom is 0.166 e. The molecular formula is C14H22O2. The second-order valence-corrected chi connectivity index (χ2v) is 3.72. The molecule has 0 saturated heterocycles. The van der Waals surface area contributed by atoms with Gasteiger partial charge in [-0.25, -0.2) is 0 Å². The molecule has 0 N–H and O–H groups in total. The monoisotopic (exact) mass is 222 g/mol. The summed E-state index contributed by atoms with van der Waals surface area (Å²) < 4.78 is 5.13. The summed E-state index contributed by atoms with van der Waals surface area (Å²) in [6.07, 6.45) is 0.570. The predicted octanol–water partition coefficient (Wildman–Crippen LogP) is 3.95. The molecular weight excluding hydrogens is 200 g/mol. The molecule has 0 aliphatic heterocycles. The fraction of sp³-hybridized carbons (Fsp3) is 0.500. The van der Waals surface area contributed by atoms with E-state index in [9.17, 15) is 4.79 Å². The van der Waals surface area contributed by atoms with Crippen LogP contribution < -0.4 is 4.74 Å². The van der Waals surface area contributed by atoms with E-state index in [1.165, 1.54) is 0 Å². The standard InChI is InChI=1S/C12H16O2.C2H6/c1-9(2)8-11(13)10-6-4-5-7-12(10)14-3;1-2/h4-7,9H,8H2,1-3H3;1-2H3. The first kappa shape index (κ1) is 14.7. The predicted molar refractivity (Wildman–Crippen MR) is 68.1 cm³/mol. The van der Waals surface area contributed by atoms with E-state index < -0.39 is 0 Å². The van der Waals surface area contributed by atoms with E-state index in [2.05, 4.69) is 0 Å². The molecule has 0 aliphatic rings. The van der Waals surface area contributed by atoms with Crippen molar-refractivity contribution in [2.45, 2.75) is 34.1 Å². The van der Waals surface area contributed by atoms with Crippen molar-refractivity contribution in [3.8, 4) is 5.75 Å². The number of benzene rings is 1. The summed E-state index contributed by atoms with van der Waals surface area (Å²) in [4.78, 5) is 11.8. The lowest BCUT2D eigenvalue weighted by atomic mass is 10.0. The Morgan fingerprint density at radius 2 is 1.81 bits per heavy atom. The first-order chi connectivity index (χ1) is 7.65. The van der Waals surface area contributed by atoms with Gasteiger partial charge in [0.25, 0.3) is 0 Å². The van der Waals surface area contributed by atoms with Crippen LogP contribution in [0.5, 0.6) is 5.75 Å². The second-order valence-electron chi connectivity index (χ2n) is 3.72. The molecule has 1 rings (SSSR count). The Labute approximate surface area is 98.6 Å². The SMILES string of the molecule is CC.COc1ccccc1C(=O)CC(C)C. The van der Waals surface area contributed by atoms with E-state index in [-0.39, 0.29) is 5.78 Å². The van der Waals surface area contributed by atoms with Gasteiger partial charge in [-0.1, -0.05) is 39.8 Å². The van der Waals surface area contributed by atoms with Gasteiger partial charge < -0.3 is 4.74 Å². The Morgan fingerprint density at radius 3 is 2.31 bits per heavy atom. The smallest absolute Gasteiger partial charge is 0.166 e. The lowest BCUT2D eigenvalue weighted by Gasteiger charge is -2.08. The average Bonchev–Trinajstić information content (AvgIpc) is 2.30. The van der Waals surface area contributed by atoms with Crippen molar-refractivity contribution in [3.05, 3.63) is 29.8 Å². The maximum atomic E-state index is 11.8. The minimum absolute atomic E-state index is 0.150. The van der Waals surface area contributed by atoms with E-state index in [1.54, 1.807) is 7.11 Å². The quantitative estimate of drug-likeness (QED) is 0.721. The molecule has 1 aromatic rings. The zero-order chi connectivity index (χ0) is 12.6. The normalized spacial score (nSPS) is 9.38. The summed E-state index contributed by atoms with van der Waals surface area (Å²) >= 11 is 0. The summed E-state index contributed by atoms with van der Waals surface area (Å²) in [6.45, 7) is 8.07. The lowest BCUT2D eigenvalue weighted by Crippen LogP contribution is -2.05. The molecule has 0 fully saturated rings. The molecule has 0 radical (unpaired) electrons. The highest BCUT2D eigenvalue weighted by atomic mass is 16.5. The fourth-order valence-corrected chi connectivity index (χ4v) is 1.36. The third-order valence-electron chi connectivity index (χ3n) is 2.00. The number of ketones is 1. The van der Waals surface area contributed by atoms with Crippen LogP contribution in [0.25, 0.3) is 0 Å². The van der Waals surface area contributed by atoms with Crippen molar-refractivity contribution in [1.29, 1.82) is 0 Å². The number of carbonyl (C=O) groups is 1. The van der Waals surface area contributed by atoms with E-state index in [0.717, 1.165) is 0 Å². The molecule has 0 aromatic heterocycles. The van der Waals surface area contributed by atoms with Crippen molar-refractivity contribution >= 4 is 5.78 Å². The Morgan fingerprint density at radius 1 is 1.25 bits per heavy atom. The van der Waals surface area contributed by atoms with Crippen LogP contribution in [0.1, 0.15) is 44.5 Å². The van der Waals surface area contributed by atoms with Gasteiger partial charge in [0.15, 0.2) is 5.78 Å². The molecule has 16 heavy (non-hydrogen) atoms. The van der Waals surface area contributed by atoms with Gasteiger partial charge >= 0.3 is 0 Å². The molecule has 0 spiro atoms. The van der Waals surface area contributed by atoms with Gasteiger partial charge in [0.05, 0.1) is 12.7 Å². The van der Waals surface area contributed by atoms with Crippen LogP contribution >= 0.6 is 0 Å². The minimum Gasteiger partial charge on any atom is -0.496 e. The number of methoxy groups -OCH3 is 1. The molecule has 0 amide bonds. The Hall–Kier alpha value is -1.31. The Bertz CT molecular complexity index is 316. The molecule has 0 saturated carbocycles. The summed E-state index contributed by atoms with van der Waals surface area (Å²) in [5, 5.41) is 0. The highest BCUT2D eigenvalue weighted by Gasteiger charge is 2.12. The summed E-state index contributed by atoms with van der Waals surface area (Å²) in [5.41, 5.74) is 0.684. The van der Waals surface area contributed by atoms with Gasteiger partial charge in [0, 0.05) is 6.42 Å². The number of ether oxygens (including phenoxy) is 1.